The minimum atomic E-state index is -3.23. The normalized spacial score (nSPS) is 18.5. The van der Waals surface area contributed by atoms with Gasteiger partial charge in [0.2, 0.25) is 0 Å². The zero-order valence-electron chi connectivity index (χ0n) is 12.3. The van der Waals surface area contributed by atoms with Crippen molar-refractivity contribution in [1.29, 1.82) is 0 Å². The van der Waals surface area contributed by atoms with Gasteiger partial charge in [0, 0.05) is 30.3 Å². The van der Waals surface area contributed by atoms with Crippen LogP contribution in [0.15, 0.2) is 29.2 Å². The Morgan fingerprint density at radius 1 is 1.24 bits per heavy atom. The second-order valence-electron chi connectivity index (χ2n) is 5.60. The standard InChI is InChI=1S/C15H20ClNO3S/c1-11(16)12-7-9-17(10-8-12)15(18)13-3-5-14(6-4-13)21(2,19)20/h3-6,11-12H,7-10H2,1-2H3. The predicted molar refractivity (Wildman–Crippen MR) is 83.5 cm³/mol. The zero-order chi connectivity index (χ0) is 15.6. The molecule has 0 aliphatic carbocycles. The van der Waals surface area contributed by atoms with Crippen LogP contribution in [-0.4, -0.2) is 43.9 Å². The largest absolute Gasteiger partial charge is 0.339 e. The van der Waals surface area contributed by atoms with E-state index in [1.807, 2.05) is 11.8 Å². The summed E-state index contributed by atoms with van der Waals surface area (Å²) in [6, 6.07) is 6.12. The lowest BCUT2D eigenvalue weighted by molar-refractivity contribution is 0.0690. The van der Waals surface area contributed by atoms with Gasteiger partial charge < -0.3 is 4.90 Å². The first kappa shape index (κ1) is 16.3. The van der Waals surface area contributed by atoms with Gasteiger partial charge in [0.25, 0.3) is 5.91 Å². The third-order valence-electron chi connectivity index (χ3n) is 4.01. The van der Waals surface area contributed by atoms with Crippen molar-refractivity contribution < 1.29 is 13.2 Å². The molecular formula is C15H20ClNO3S. The van der Waals surface area contributed by atoms with E-state index in [1.165, 1.54) is 12.1 Å². The Bertz CT molecular complexity index is 602. The SMILES string of the molecule is CC(Cl)C1CCN(C(=O)c2ccc(S(C)(=O)=O)cc2)CC1. The van der Waals surface area contributed by atoms with Crippen LogP contribution in [0.3, 0.4) is 0 Å². The van der Waals surface area contributed by atoms with E-state index in [-0.39, 0.29) is 16.2 Å². The number of amides is 1. The summed E-state index contributed by atoms with van der Waals surface area (Å²) in [4.78, 5) is 14.4. The Morgan fingerprint density at radius 3 is 2.19 bits per heavy atom. The second-order valence-corrected chi connectivity index (χ2v) is 8.31. The summed E-state index contributed by atoms with van der Waals surface area (Å²) < 4.78 is 22.8. The number of benzene rings is 1. The molecule has 0 aromatic heterocycles. The molecule has 1 heterocycles. The molecule has 1 unspecified atom stereocenters. The number of nitrogens with zero attached hydrogens (tertiary/aromatic N) is 1. The summed E-state index contributed by atoms with van der Waals surface area (Å²) in [7, 11) is -3.23. The molecule has 4 nitrogen and oxygen atoms in total. The summed E-state index contributed by atoms with van der Waals surface area (Å²) in [6.45, 7) is 3.40. The highest BCUT2D eigenvalue weighted by molar-refractivity contribution is 7.90. The number of likely N-dealkylation sites (tertiary alicyclic amines) is 1. The number of halogens is 1. The van der Waals surface area contributed by atoms with Gasteiger partial charge in [-0.15, -0.1) is 11.6 Å². The van der Waals surface area contributed by atoms with E-state index in [4.69, 9.17) is 11.6 Å². The van der Waals surface area contributed by atoms with Gasteiger partial charge in [0.15, 0.2) is 9.84 Å². The fraction of sp³-hybridized carbons (Fsp3) is 0.533. The summed E-state index contributed by atoms with van der Waals surface area (Å²) in [6.07, 6.45) is 2.98. The highest BCUT2D eigenvalue weighted by Crippen LogP contribution is 2.25. The number of carbonyl (C=O) groups excluding carboxylic acids is 1. The van der Waals surface area contributed by atoms with E-state index >= 15 is 0 Å². The maximum atomic E-state index is 12.4. The maximum absolute atomic E-state index is 12.4. The smallest absolute Gasteiger partial charge is 0.253 e. The van der Waals surface area contributed by atoms with Crippen molar-refractivity contribution in [2.45, 2.75) is 30.0 Å². The van der Waals surface area contributed by atoms with Crippen molar-refractivity contribution >= 4 is 27.3 Å². The van der Waals surface area contributed by atoms with Crippen molar-refractivity contribution in [1.82, 2.24) is 4.90 Å². The third kappa shape index (κ3) is 3.98. The molecule has 0 spiro atoms. The Morgan fingerprint density at radius 2 is 1.76 bits per heavy atom. The molecule has 1 amide bonds. The van der Waals surface area contributed by atoms with Crippen molar-refractivity contribution in [3.63, 3.8) is 0 Å². The zero-order valence-corrected chi connectivity index (χ0v) is 13.8. The molecule has 1 atom stereocenters. The number of carbonyl (C=O) groups is 1. The monoisotopic (exact) mass is 329 g/mol. The van der Waals surface area contributed by atoms with Gasteiger partial charge in [-0.05, 0) is 49.9 Å². The number of hydrogen-bond acceptors (Lipinski definition) is 3. The van der Waals surface area contributed by atoms with Crippen LogP contribution < -0.4 is 0 Å². The summed E-state index contributed by atoms with van der Waals surface area (Å²) in [5.74, 6) is 0.416. The molecule has 21 heavy (non-hydrogen) atoms. The molecule has 0 bridgehead atoms. The quantitative estimate of drug-likeness (QED) is 0.801. The lowest BCUT2D eigenvalue weighted by atomic mass is 9.93. The molecule has 1 aliphatic heterocycles. The average molecular weight is 330 g/mol. The van der Waals surface area contributed by atoms with Crippen LogP contribution in [0.25, 0.3) is 0 Å². The van der Waals surface area contributed by atoms with Crippen LogP contribution in [0.1, 0.15) is 30.1 Å². The van der Waals surface area contributed by atoms with E-state index in [1.54, 1.807) is 12.1 Å². The van der Waals surface area contributed by atoms with Crippen LogP contribution in [0, 0.1) is 5.92 Å². The molecule has 1 aliphatic rings. The van der Waals surface area contributed by atoms with Gasteiger partial charge in [0.1, 0.15) is 0 Å². The molecule has 1 fully saturated rings. The van der Waals surface area contributed by atoms with Crippen LogP contribution in [0.5, 0.6) is 0 Å². The Hall–Kier alpha value is -1.07. The second kappa shape index (κ2) is 6.36. The van der Waals surface area contributed by atoms with Gasteiger partial charge >= 0.3 is 0 Å². The van der Waals surface area contributed by atoms with Crippen molar-refractivity contribution in [3.8, 4) is 0 Å². The summed E-state index contributed by atoms with van der Waals surface area (Å²) in [5.41, 5.74) is 0.528. The van der Waals surface area contributed by atoms with Gasteiger partial charge in [-0.25, -0.2) is 8.42 Å². The first-order chi connectivity index (χ1) is 9.79. The van der Waals surface area contributed by atoms with Gasteiger partial charge in [-0.1, -0.05) is 0 Å². The molecule has 1 aromatic rings. The lowest BCUT2D eigenvalue weighted by Crippen LogP contribution is -2.40. The molecule has 0 radical (unpaired) electrons. The molecule has 0 N–H and O–H groups in total. The minimum absolute atomic E-state index is 0.0456. The number of hydrogen-bond donors (Lipinski definition) is 0. The highest BCUT2D eigenvalue weighted by atomic mass is 35.5. The molecular weight excluding hydrogens is 310 g/mol. The van der Waals surface area contributed by atoms with E-state index in [9.17, 15) is 13.2 Å². The fourth-order valence-electron chi connectivity index (χ4n) is 2.59. The van der Waals surface area contributed by atoms with E-state index in [2.05, 4.69) is 0 Å². The third-order valence-corrected chi connectivity index (χ3v) is 5.49. The van der Waals surface area contributed by atoms with E-state index < -0.39 is 9.84 Å². The van der Waals surface area contributed by atoms with Crippen LogP contribution in [0.2, 0.25) is 0 Å². The predicted octanol–water partition coefficient (Wildman–Crippen LogP) is 2.57. The maximum Gasteiger partial charge on any atom is 0.253 e. The Kier molecular flexibility index (Phi) is 4.94. The summed E-state index contributed by atoms with van der Waals surface area (Å²) >= 11 is 6.10. The summed E-state index contributed by atoms with van der Waals surface area (Å²) in [5, 5.41) is 0.135. The lowest BCUT2D eigenvalue weighted by Gasteiger charge is -2.33. The molecule has 1 aromatic carbocycles. The molecule has 0 saturated carbocycles. The van der Waals surface area contributed by atoms with Gasteiger partial charge in [-0.2, -0.15) is 0 Å². The van der Waals surface area contributed by atoms with E-state index in [0.29, 0.717) is 24.6 Å². The van der Waals surface area contributed by atoms with Crippen molar-refractivity contribution in [2.24, 2.45) is 5.92 Å². The van der Waals surface area contributed by atoms with Crippen LogP contribution in [-0.2, 0) is 9.84 Å². The molecule has 116 valence electrons. The van der Waals surface area contributed by atoms with Crippen LogP contribution >= 0.6 is 11.6 Å². The number of rotatable bonds is 3. The highest BCUT2D eigenvalue weighted by Gasteiger charge is 2.26. The van der Waals surface area contributed by atoms with Crippen molar-refractivity contribution in [2.75, 3.05) is 19.3 Å². The van der Waals surface area contributed by atoms with Crippen LogP contribution in [0.4, 0.5) is 0 Å². The topological polar surface area (TPSA) is 54.5 Å². The molecule has 2 rings (SSSR count). The first-order valence-electron chi connectivity index (χ1n) is 7.02. The Balaban J connectivity index is 2.04. The number of alkyl halides is 1. The van der Waals surface area contributed by atoms with Gasteiger partial charge in [0.05, 0.1) is 4.90 Å². The fourth-order valence-corrected chi connectivity index (χ4v) is 3.47. The molecule has 6 heteroatoms. The Labute approximate surface area is 131 Å². The minimum Gasteiger partial charge on any atom is -0.339 e. The first-order valence-corrected chi connectivity index (χ1v) is 9.35. The average Bonchev–Trinajstić information content (AvgIpc) is 2.46. The van der Waals surface area contributed by atoms with E-state index in [0.717, 1.165) is 19.1 Å². The molecule has 1 saturated heterocycles. The van der Waals surface area contributed by atoms with Gasteiger partial charge in [-0.3, -0.25) is 4.79 Å². The van der Waals surface area contributed by atoms with Crippen molar-refractivity contribution in [3.05, 3.63) is 29.8 Å². The number of piperidine rings is 1. The number of sulfone groups is 1.